The Morgan fingerprint density at radius 2 is 2.00 bits per heavy atom. The van der Waals surface area contributed by atoms with E-state index in [1.54, 1.807) is 0 Å². The SMILES string of the molecule is CC1(C)C[C@H]1C=C(Cl)Cl. The van der Waals surface area contributed by atoms with Gasteiger partial charge in [0.05, 0.1) is 0 Å². The highest BCUT2D eigenvalue weighted by atomic mass is 35.5. The van der Waals surface area contributed by atoms with Crippen molar-refractivity contribution in [2.75, 3.05) is 0 Å². The standard InChI is InChI=1S/C7H10Cl2/c1-7(2)4-5(7)3-6(8)9/h3,5H,4H2,1-2H3/t5-/m1/s1. The largest absolute Gasteiger partial charge is 0.103 e. The molecular formula is C7H10Cl2. The lowest BCUT2D eigenvalue weighted by Gasteiger charge is -1.94. The number of rotatable bonds is 1. The van der Waals surface area contributed by atoms with Crippen molar-refractivity contribution in [2.24, 2.45) is 11.3 Å². The molecule has 0 aromatic rings. The van der Waals surface area contributed by atoms with Gasteiger partial charge in [0.1, 0.15) is 4.49 Å². The van der Waals surface area contributed by atoms with Crippen LogP contribution in [0.1, 0.15) is 20.3 Å². The van der Waals surface area contributed by atoms with E-state index in [4.69, 9.17) is 23.2 Å². The minimum absolute atomic E-state index is 0.408. The molecule has 0 radical (unpaired) electrons. The van der Waals surface area contributed by atoms with Crippen molar-refractivity contribution in [3.05, 3.63) is 10.6 Å². The summed E-state index contributed by atoms with van der Waals surface area (Å²) in [4.78, 5) is 0. The van der Waals surface area contributed by atoms with Gasteiger partial charge in [-0.2, -0.15) is 0 Å². The molecule has 0 unspecified atom stereocenters. The Balaban J connectivity index is 2.45. The maximum atomic E-state index is 5.47. The second kappa shape index (κ2) is 2.17. The van der Waals surface area contributed by atoms with E-state index in [-0.39, 0.29) is 0 Å². The molecule has 0 bridgehead atoms. The normalized spacial score (nSPS) is 29.6. The highest BCUT2D eigenvalue weighted by Gasteiger charge is 2.43. The Labute approximate surface area is 65.8 Å². The molecule has 1 saturated carbocycles. The van der Waals surface area contributed by atoms with E-state index < -0.39 is 0 Å². The van der Waals surface area contributed by atoms with Crippen LogP contribution < -0.4 is 0 Å². The van der Waals surface area contributed by atoms with E-state index >= 15 is 0 Å². The topological polar surface area (TPSA) is 0 Å². The molecule has 1 aliphatic rings. The van der Waals surface area contributed by atoms with E-state index in [0.29, 0.717) is 15.8 Å². The second-order valence-electron chi connectivity index (χ2n) is 3.26. The van der Waals surface area contributed by atoms with Gasteiger partial charge in [-0.25, -0.2) is 0 Å². The van der Waals surface area contributed by atoms with Crippen LogP contribution in [0.15, 0.2) is 10.6 Å². The van der Waals surface area contributed by atoms with Gasteiger partial charge in [-0.15, -0.1) is 0 Å². The zero-order valence-corrected chi connectivity index (χ0v) is 7.13. The number of allylic oxidation sites excluding steroid dienone is 1. The van der Waals surface area contributed by atoms with Gasteiger partial charge >= 0.3 is 0 Å². The predicted octanol–water partition coefficient (Wildman–Crippen LogP) is 3.35. The molecule has 0 aromatic heterocycles. The third-order valence-electron chi connectivity index (χ3n) is 1.92. The average molecular weight is 165 g/mol. The van der Waals surface area contributed by atoms with Crippen molar-refractivity contribution in [1.29, 1.82) is 0 Å². The summed E-state index contributed by atoms with van der Waals surface area (Å²) < 4.78 is 0.408. The van der Waals surface area contributed by atoms with E-state index in [1.807, 2.05) is 6.08 Å². The predicted molar refractivity (Wildman–Crippen MR) is 41.7 cm³/mol. The van der Waals surface area contributed by atoms with Crippen molar-refractivity contribution < 1.29 is 0 Å². The van der Waals surface area contributed by atoms with Gasteiger partial charge in [-0.1, -0.05) is 43.1 Å². The fourth-order valence-electron chi connectivity index (χ4n) is 0.944. The summed E-state index contributed by atoms with van der Waals surface area (Å²) in [5.74, 6) is 0.613. The van der Waals surface area contributed by atoms with Gasteiger partial charge in [0.25, 0.3) is 0 Å². The first kappa shape index (κ1) is 7.43. The summed E-state index contributed by atoms with van der Waals surface area (Å²) in [6.45, 7) is 4.43. The van der Waals surface area contributed by atoms with E-state index in [9.17, 15) is 0 Å². The smallest absolute Gasteiger partial charge is 0.0712 e. The van der Waals surface area contributed by atoms with Crippen LogP contribution in [0.4, 0.5) is 0 Å². The fourth-order valence-corrected chi connectivity index (χ4v) is 1.25. The summed E-state index contributed by atoms with van der Waals surface area (Å²) in [6.07, 6.45) is 3.14. The lowest BCUT2D eigenvalue weighted by Crippen LogP contribution is -1.85. The molecule has 0 amide bonds. The van der Waals surface area contributed by atoms with Gasteiger partial charge < -0.3 is 0 Å². The van der Waals surface area contributed by atoms with Gasteiger partial charge in [-0.05, 0) is 17.8 Å². The van der Waals surface area contributed by atoms with Crippen molar-refractivity contribution in [1.82, 2.24) is 0 Å². The highest BCUT2D eigenvalue weighted by molar-refractivity contribution is 6.55. The molecule has 52 valence electrons. The molecule has 2 heteroatoms. The van der Waals surface area contributed by atoms with Crippen LogP contribution in [0.25, 0.3) is 0 Å². The Hall–Kier alpha value is 0.320. The molecule has 1 aliphatic carbocycles. The Morgan fingerprint density at radius 3 is 2.11 bits per heavy atom. The summed E-state index contributed by atoms with van der Waals surface area (Å²) in [6, 6.07) is 0. The molecule has 0 heterocycles. The Kier molecular flexibility index (Phi) is 1.79. The molecule has 1 fully saturated rings. The maximum absolute atomic E-state index is 5.47. The first-order valence-corrected chi connectivity index (χ1v) is 3.81. The van der Waals surface area contributed by atoms with Crippen LogP contribution in [-0.2, 0) is 0 Å². The van der Waals surface area contributed by atoms with Crippen molar-refractivity contribution in [3.63, 3.8) is 0 Å². The molecule has 0 aliphatic heterocycles. The van der Waals surface area contributed by atoms with Crippen LogP contribution in [0, 0.1) is 11.3 Å². The number of halogens is 2. The highest BCUT2D eigenvalue weighted by Crippen LogP contribution is 2.53. The van der Waals surface area contributed by atoms with E-state index in [1.165, 1.54) is 6.42 Å². The summed E-state index contributed by atoms with van der Waals surface area (Å²) in [5.41, 5.74) is 0.453. The number of hydrogen-bond donors (Lipinski definition) is 0. The van der Waals surface area contributed by atoms with Crippen LogP contribution >= 0.6 is 23.2 Å². The van der Waals surface area contributed by atoms with Gasteiger partial charge in [-0.3, -0.25) is 0 Å². The first-order valence-electron chi connectivity index (χ1n) is 3.05. The second-order valence-corrected chi connectivity index (χ2v) is 4.26. The molecule has 0 N–H and O–H groups in total. The maximum Gasteiger partial charge on any atom is 0.103 e. The summed E-state index contributed by atoms with van der Waals surface area (Å²) >= 11 is 10.9. The molecule has 0 nitrogen and oxygen atoms in total. The van der Waals surface area contributed by atoms with E-state index in [0.717, 1.165) is 0 Å². The van der Waals surface area contributed by atoms with Crippen LogP contribution in [0.3, 0.4) is 0 Å². The minimum Gasteiger partial charge on any atom is -0.0712 e. The van der Waals surface area contributed by atoms with Crippen molar-refractivity contribution >= 4 is 23.2 Å². The Morgan fingerprint density at radius 1 is 1.56 bits per heavy atom. The van der Waals surface area contributed by atoms with Gasteiger partial charge in [0.15, 0.2) is 0 Å². The molecular weight excluding hydrogens is 155 g/mol. The zero-order chi connectivity index (χ0) is 7.07. The van der Waals surface area contributed by atoms with Crippen LogP contribution in [-0.4, -0.2) is 0 Å². The molecule has 0 saturated heterocycles. The third kappa shape index (κ3) is 1.87. The van der Waals surface area contributed by atoms with Crippen molar-refractivity contribution in [2.45, 2.75) is 20.3 Å². The summed E-state index contributed by atoms with van der Waals surface area (Å²) in [7, 11) is 0. The first-order chi connectivity index (χ1) is 4.02. The lowest BCUT2D eigenvalue weighted by molar-refractivity contribution is 0.610. The van der Waals surface area contributed by atoms with Crippen LogP contribution in [0.2, 0.25) is 0 Å². The monoisotopic (exact) mass is 164 g/mol. The third-order valence-corrected chi connectivity index (χ3v) is 2.17. The molecule has 0 spiro atoms. The molecule has 0 aromatic carbocycles. The lowest BCUT2D eigenvalue weighted by atomic mass is 10.1. The quantitative estimate of drug-likeness (QED) is 0.558. The minimum atomic E-state index is 0.408. The average Bonchev–Trinajstić information content (AvgIpc) is 2.10. The Bertz CT molecular complexity index is 143. The zero-order valence-electron chi connectivity index (χ0n) is 5.62. The molecule has 9 heavy (non-hydrogen) atoms. The van der Waals surface area contributed by atoms with Gasteiger partial charge in [0, 0.05) is 0 Å². The van der Waals surface area contributed by atoms with E-state index in [2.05, 4.69) is 13.8 Å². The molecule has 1 atom stereocenters. The number of hydrogen-bond acceptors (Lipinski definition) is 0. The van der Waals surface area contributed by atoms with Crippen LogP contribution in [0.5, 0.6) is 0 Å². The summed E-state index contributed by atoms with van der Waals surface area (Å²) in [5, 5.41) is 0. The van der Waals surface area contributed by atoms with Crippen molar-refractivity contribution in [3.8, 4) is 0 Å². The van der Waals surface area contributed by atoms with Gasteiger partial charge in [0.2, 0.25) is 0 Å². The molecule has 1 rings (SSSR count). The fraction of sp³-hybridized carbons (Fsp3) is 0.714.